The molecular formula is C11H18N2O4. The number of hydrogen-bond donors (Lipinski definition) is 0. The number of rotatable bonds is 1. The number of nitrogens with zero attached hydrogens (tertiary/aromatic N) is 2. The average Bonchev–Trinajstić information content (AvgIpc) is 2.25. The van der Waals surface area contributed by atoms with Gasteiger partial charge in [-0.15, -0.1) is 4.91 Å². The van der Waals surface area contributed by atoms with Crippen molar-refractivity contribution in [3.8, 4) is 0 Å². The van der Waals surface area contributed by atoms with Gasteiger partial charge in [0.15, 0.2) is 0 Å². The maximum Gasteiger partial charge on any atom is 0.410 e. The van der Waals surface area contributed by atoms with Gasteiger partial charge in [0.05, 0.1) is 0 Å². The van der Waals surface area contributed by atoms with Gasteiger partial charge < -0.3 is 4.74 Å². The summed E-state index contributed by atoms with van der Waals surface area (Å²) in [5.41, 5.74) is -0.614. The molecule has 0 unspecified atom stereocenters. The lowest BCUT2D eigenvalue weighted by Gasteiger charge is -2.34. The zero-order chi connectivity index (χ0) is 13.1. The van der Waals surface area contributed by atoms with Crippen LogP contribution in [0.3, 0.4) is 0 Å². The molecule has 1 aliphatic heterocycles. The Labute approximate surface area is 100 Å². The molecule has 1 aliphatic rings. The summed E-state index contributed by atoms with van der Waals surface area (Å²) in [7, 11) is 0. The molecule has 0 aromatic carbocycles. The Kier molecular flexibility index (Phi) is 4.20. The predicted molar refractivity (Wildman–Crippen MR) is 61.4 cm³/mol. The van der Waals surface area contributed by atoms with Crippen molar-refractivity contribution < 1.29 is 14.3 Å². The number of amides is 2. The first kappa shape index (κ1) is 13.6. The standard InChI is InChI=1S/C11H18N2O4/c1-11(2,3)17-10(15)13-7-5-4-6-8(13)9(14)12-16/h8H,4-7H2,1-3H3/t8-/m1/s1. The van der Waals surface area contributed by atoms with E-state index in [0.717, 1.165) is 12.8 Å². The van der Waals surface area contributed by atoms with Gasteiger partial charge in [-0.3, -0.25) is 9.69 Å². The van der Waals surface area contributed by atoms with Crippen LogP contribution in [0.5, 0.6) is 0 Å². The topological polar surface area (TPSA) is 76.0 Å². The summed E-state index contributed by atoms with van der Waals surface area (Å²) in [5, 5.41) is 2.40. The Morgan fingerprint density at radius 1 is 1.29 bits per heavy atom. The Hall–Kier alpha value is -1.46. The number of likely N-dealkylation sites (tertiary alicyclic amines) is 1. The van der Waals surface area contributed by atoms with Gasteiger partial charge in [-0.05, 0) is 40.0 Å². The van der Waals surface area contributed by atoms with Crippen LogP contribution in [0.15, 0.2) is 5.18 Å². The summed E-state index contributed by atoms with van der Waals surface area (Å²) in [6.07, 6.45) is 1.54. The van der Waals surface area contributed by atoms with Gasteiger partial charge in [-0.25, -0.2) is 4.79 Å². The number of ether oxygens (including phenoxy) is 1. The van der Waals surface area contributed by atoms with E-state index in [1.54, 1.807) is 20.8 Å². The Morgan fingerprint density at radius 3 is 2.47 bits per heavy atom. The van der Waals surface area contributed by atoms with Crippen LogP contribution in [-0.2, 0) is 9.53 Å². The summed E-state index contributed by atoms with van der Waals surface area (Å²) >= 11 is 0. The van der Waals surface area contributed by atoms with Crippen LogP contribution in [0.1, 0.15) is 40.0 Å². The summed E-state index contributed by atoms with van der Waals surface area (Å²) in [5.74, 6) is -0.796. The van der Waals surface area contributed by atoms with Gasteiger partial charge in [0.2, 0.25) is 0 Å². The van der Waals surface area contributed by atoms with Crippen molar-refractivity contribution in [3.63, 3.8) is 0 Å². The highest BCUT2D eigenvalue weighted by molar-refractivity contribution is 5.86. The average molecular weight is 242 g/mol. The Balaban J connectivity index is 2.74. The van der Waals surface area contributed by atoms with E-state index in [-0.39, 0.29) is 0 Å². The quantitative estimate of drug-likeness (QED) is 0.659. The number of carbonyl (C=O) groups is 2. The third-order valence-electron chi connectivity index (χ3n) is 2.51. The van der Waals surface area contributed by atoms with Gasteiger partial charge in [0.25, 0.3) is 0 Å². The summed E-state index contributed by atoms with van der Waals surface area (Å²) < 4.78 is 5.19. The SMILES string of the molecule is CC(C)(C)OC(=O)N1CCCC[C@@H]1C(=O)N=O. The van der Waals surface area contributed by atoms with Crippen molar-refractivity contribution in [3.05, 3.63) is 4.91 Å². The molecule has 1 atom stereocenters. The van der Waals surface area contributed by atoms with E-state index in [1.165, 1.54) is 4.90 Å². The zero-order valence-corrected chi connectivity index (χ0v) is 10.4. The molecule has 0 radical (unpaired) electrons. The van der Waals surface area contributed by atoms with Crippen LogP contribution >= 0.6 is 0 Å². The highest BCUT2D eigenvalue weighted by atomic mass is 16.6. The second kappa shape index (κ2) is 5.25. The summed E-state index contributed by atoms with van der Waals surface area (Å²) in [6, 6.07) is -0.754. The lowest BCUT2D eigenvalue weighted by atomic mass is 10.0. The lowest BCUT2D eigenvalue weighted by molar-refractivity contribution is -0.124. The lowest BCUT2D eigenvalue weighted by Crippen LogP contribution is -2.49. The van der Waals surface area contributed by atoms with Gasteiger partial charge in [0, 0.05) is 11.7 Å². The molecule has 0 saturated carbocycles. The fourth-order valence-electron chi connectivity index (χ4n) is 1.79. The van der Waals surface area contributed by atoms with E-state index in [9.17, 15) is 14.5 Å². The molecule has 0 bridgehead atoms. The van der Waals surface area contributed by atoms with Crippen LogP contribution in [0, 0.1) is 4.91 Å². The molecule has 1 fully saturated rings. The third kappa shape index (κ3) is 3.80. The molecule has 0 spiro atoms. The minimum Gasteiger partial charge on any atom is -0.444 e. The normalized spacial score (nSPS) is 20.9. The molecule has 0 N–H and O–H groups in total. The van der Waals surface area contributed by atoms with Crippen molar-refractivity contribution >= 4 is 12.0 Å². The maximum absolute atomic E-state index is 11.9. The van der Waals surface area contributed by atoms with E-state index < -0.39 is 23.6 Å². The summed E-state index contributed by atoms with van der Waals surface area (Å²) in [6.45, 7) is 5.69. The molecule has 6 nitrogen and oxygen atoms in total. The smallest absolute Gasteiger partial charge is 0.410 e. The largest absolute Gasteiger partial charge is 0.444 e. The van der Waals surface area contributed by atoms with E-state index in [2.05, 4.69) is 5.18 Å². The van der Waals surface area contributed by atoms with Crippen LogP contribution in [0.4, 0.5) is 4.79 Å². The molecule has 0 aromatic rings. The molecule has 0 aliphatic carbocycles. The highest BCUT2D eigenvalue weighted by Crippen LogP contribution is 2.21. The van der Waals surface area contributed by atoms with E-state index in [0.29, 0.717) is 13.0 Å². The monoisotopic (exact) mass is 242 g/mol. The first-order chi connectivity index (χ1) is 7.85. The van der Waals surface area contributed by atoms with Crippen LogP contribution in [-0.4, -0.2) is 35.1 Å². The van der Waals surface area contributed by atoms with E-state index in [1.807, 2.05) is 0 Å². The van der Waals surface area contributed by atoms with Crippen LogP contribution in [0.2, 0.25) is 0 Å². The molecule has 96 valence electrons. The first-order valence-electron chi connectivity index (χ1n) is 5.72. The number of nitroso groups, excluding NO2 is 1. The minimum atomic E-state index is -0.796. The van der Waals surface area contributed by atoms with E-state index >= 15 is 0 Å². The van der Waals surface area contributed by atoms with Gasteiger partial charge >= 0.3 is 12.0 Å². The molecule has 1 heterocycles. The summed E-state index contributed by atoms with van der Waals surface area (Å²) in [4.78, 5) is 34.8. The van der Waals surface area contributed by atoms with Crippen molar-refractivity contribution in [2.24, 2.45) is 5.18 Å². The second-order valence-electron chi connectivity index (χ2n) is 5.11. The molecule has 2 amide bonds. The van der Waals surface area contributed by atoms with Crippen LogP contribution < -0.4 is 0 Å². The molecule has 6 heteroatoms. The second-order valence-corrected chi connectivity index (χ2v) is 5.11. The predicted octanol–water partition coefficient (Wildman–Crippen LogP) is 2.07. The molecule has 17 heavy (non-hydrogen) atoms. The molecular weight excluding hydrogens is 224 g/mol. The zero-order valence-electron chi connectivity index (χ0n) is 10.4. The Morgan fingerprint density at radius 2 is 1.94 bits per heavy atom. The minimum absolute atomic E-state index is 0.431. The molecule has 1 rings (SSSR count). The van der Waals surface area contributed by atoms with Crippen molar-refractivity contribution in [1.29, 1.82) is 0 Å². The first-order valence-corrected chi connectivity index (χ1v) is 5.72. The van der Waals surface area contributed by atoms with E-state index in [4.69, 9.17) is 4.74 Å². The fourth-order valence-corrected chi connectivity index (χ4v) is 1.79. The maximum atomic E-state index is 11.9. The fraction of sp³-hybridized carbons (Fsp3) is 0.818. The highest BCUT2D eigenvalue weighted by Gasteiger charge is 2.35. The van der Waals surface area contributed by atoms with Gasteiger partial charge in [0.1, 0.15) is 11.6 Å². The number of hydrogen-bond acceptors (Lipinski definition) is 4. The van der Waals surface area contributed by atoms with Crippen molar-refractivity contribution in [2.45, 2.75) is 51.7 Å². The van der Waals surface area contributed by atoms with Crippen molar-refractivity contribution in [1.82, 2.24) is 4.90 Å². The van der Waals surface area contributed by atoms with Crippen LogP contribution in [0.25, 0.3) is 0 Å². The van der Waals surface area contributed by atoms with Gasteiger partial charge in [-0.1, -0.05) is 0 Å². The van der Waals surface area contributed by atoms with Gasteiger partial charge in [-0.2, -0.15) is 0 Å². The third-order valence-corrected chi connectivity index (χ3v) is 2.51. The molecule has 1 saturated heterocycles. The number of carbonyl (C=O) groups excluding carboxylic acids is 2. The Bertz CT molecular complexity index is 322. The molecule has 0 aromatic heterocycles. The van der Waals surface area contributed by atoms with Crippen molar-refractivity contribution in [2.75, 3.05) is 6.54 Å². The number of piperidine rings is 1.